The third-order valence-corrected chi connectivity index (χ3v) is 14.7. The lowest BCUT2D eigenvalue weighted by atomic mass is 10.3. The topological polar surface area (TPSA) is 18.5 Å². The van der Waals surface area contributed by atoms with E-state index in [-0.39, 0.29) is 0 Å². The molecule has 0 saturated heterocycles. The largest absolute Gasteiger partial charge is 0.416 e. The summed E-state index contributed by atoms with van der Waals surface area (Å²) in [6.45, 7) is 13.8. The van der Waals surface area contributed by atoms with Gasteiger partial charge in [0.15, 0.2) is 0 Å². The zero-order valence-corrected chi connectivity index (χ0v) is 19.9. The van der Waals surface area contributed by atoms with Gasteiger partial charge < -0.3 is 8.85 Å². The highest BCUT2D eigenvalue weighted by Crippen LogP contribution is 2.08. The van der Waals surface area contributed by atoms with Crippen LogP contribution in [0.1, 0.15) is 0 Å². The van der Waals surface area contributed by atoms with Crippen molar-refractivity contribution in [2.24, 2.45) is 0 Å². The molecule has 0 unspecified atom stereocenters. The van der Waals surface area contributed by atoms with Gasteiger partial charge in [-0.25, -0.2) is 0 Å². The van der Waals surface area contributed by atoms with Crippen molar-refractivity contribution in [3.8, 4) is 0 Å². The first kappa shape index (κ1) is 20.3. The van der Waals surface area contributed by atoms with E-state index in [0.29, 0.717) is 0 Å². The molecule has 0 atom stereocenters. The summed E-state index contributed by atoms with van der Waals surface area (Å²) in [7, 11) is -1.52. The van der Waals surface area contributed by atoms with Crippen molar-refractivity contribution in [1.29, 1.82) is 0 Å². The number of hydrogen-bond donors (Lipinski definition) is 0. The van der Waals surface area contributed by atoms with Crippen molar-refractivity contribution in [2.45, 2.75) is 39.3 Å². The second kappa shape index (κ2) is 7.33. The van der Waals surface area contributed by atoms with Gasteiger partial charge in [0.25, 0.3) is 0 Å². The Kier molecular flexibility index (Phi) is 5.96. The van der Waals surface area contributed by atoms with Crippen LogP contribution in [0, 0.1) is 0 Å². The Hall–Kier alpha value is -0.989. The van der Waals surface area contributed by atoms with E-state index in [4.69, 9.17) is 8.85 Å². The van der Waals surface area contributed by atoms with Gasteiger partial charge in [0.2, 0.25) is 16.6 Å². The van der Waals surface area contributed by atoms with Crippen LogP contribution < -0.4 is 20.7 Å². The molecule has 0 amide bonds. The van der Waals surface area contributed by atoms with E-state index in [1.54, 1.807) is 0 Å². The van der Waals surface area contributed by atoms with Crippen LogP contribution in [-0.4, -0.2) is 38.9 Å². The predicted octanol–water partition coefficient (Wildman–Crippen LogP) is 2.63. The highest BCUT2D eigenvalue weighted by atomic mass is 28.4. The molecule has 0 N–H and O–H groups in total. The minimum Gasteiger partial charge on any atom is -0.416 e. The van der Waals surface area contributed by atoms with Gasteiger partial charge in [-0.2, -0.15) is 0 Å². The van der Waals surface area contributed by atoms with Crippen molar-refractivity contribution >= 4 is 45.5 Å². The van der Waals surface area contributed by atoms with Gasteiger partial charge in [0, 0.05) is 14.2 Å². The van der Waals surface area contributed by atoms with Crippen LogP contribution in [-0.2, 0) is 8.85 Å². The Labute approximate surface area is 156 Å². The Morgan fingerprint density at radius 2 is 0.720 bits per heavy atom. The summed E-state index contributed by atoms with van der Waals surface area (Å²) in [5.41, 5.74) is 0. The van der Waals surface area contributed by atoms with Crippen molar-refractivity contribution in [1.82, 2.24) is 0 Å². The van der Waals surface area contributed by atoms with Gasteiger partial charge in [-0.1, -0.05) is 72.0 Å². The van der Waals surface area contributed by atoms with Gasteiger partial charge in [-0.3, -0.25) is 0 Å². The number of hydrogen-bond acceptors (Lipinski definition) is 2. The molecule has 2 nitrogen and oxygen atoms in total. The van der Waals surface area contributed by atoms with E-state index in [9.17, 15) is 0 Å². The maximum Gasteiger partial charge on any atom is 0.217 e. The average Bonchev–Trinajstić information content (AvgIpc) is 2.62. The predicted molar refractivity (Wildman–Crippen MR) is 118 cm³/mol. The average molecular weight is 389 g/mol. The summed E-state index contributed by atoms with van der Waals surface area (Å²) in [4.78, 5) is 0. The van der Waals surface area contributed by atoms with E-state index >= 15 is 0 Å². The summed E-state index contributed by atoms with van der Waals surface area (Å²) in [5, 5.41) is 5.64. The molecule has 2 rings (SSSR count). The van der Waals surface area contributed by atoms with Crippen LogP contribution in [0.4, 0.5) is 0 Å². The molecule has 0 aliphatic heterocycles. The van der Waals surface area contributed by atoms with Gasteiger partial charge in [0.1, 0.15) is 8.07 Å². The van der Waals surface area contributed by atoms with Crippen molar-refractivity contribution in [3.63, 3.8) is 0 Å². The lowest BCUT2D eigenvalue weighted by Crippen LogP contribution is -2.54. The van der Waals surface area contributed by atoms with Crippen molar-refractivity contribution in [2.75, 3.05) is 14.2 Å². The minimum absolute atomic E-state index is 1.35. The third-order valence-electron chi connectivity index (χ3n) is 5.62. The van der Waals surface area contributed by atoms with Crippen LogP contribution in [0.15, 0.2) is 48.5 Å². The zero-order chi connectivity index (χ0) is 18.9. The van der Waals surface area contributed by atoms with Crippen LogP contribution >= 0.6 is 0 Å². The van der Waals surface area contributed by atoms with Gasteiger partial charge in [0.05, 0.1) is 0 Å². The Bertz CT molecular complexity index is 643. The number of benzene rings is 2. The molecule has 136 valence electrons. The SMILES string of the molecule is CO[Si](C)(C)c1ccc([Si](C)(C)c2ccc([Si](C)(C)OC)cc2)cc1. The second-order valence-corrected chi connectivity index (χ2v) is 20.6. The third kappa shape index (κ3) is 4.23. The minimum atomic E-state index is -1.74. The fraction of sp³-hybridized carbons (Fsp3) is 0.400. The molecule has 5 heteroatoms. The smallest absolute Gasteiger partial charge is 0.217 e. The number of rotatable bonds is 6. The zero-order valence-electron chi connectivity index (χ0n) is 16.9. The van der Waals surface area contributed by atoms with Crippen molar-refractivity contribution in [3.05, 3.63) is 48.5 Å². The van der Waals surface area contributed by atoms with Gasteiger partial charge in [-0.15, -0.1) is 0 Å². The van der Waals surface area contributed by atoms with Gasteiger partial charge >= 0.3 is 0 Å². The molecular formula is C20H32O2Si3. The molecule has 0 aromatic heterocycles. The first-order valence-electron chi connectivity index (χ1n) is 8.87. The van der Waals surface area contributed by atoms with E-state index in [1.807, 2.05) is 14.2 Å². The maximum atomic E-state index is 5.73. The van der Waals surface area contributed by atoms with Crippen LogP contribution in [0.2, 0.25) is 39.3 Å². The molecule has 25 heavy (non-hydrogen) atoms. The van der Waals surface area contributed by atoms with Crippen LogP contribution in [0.25, 0.3) is 0 Å². The quantitative estimate of drug-likeness (QED) is 0.708. The Morgan fingerprint density at radius 1 is 0.480 bits per heavy atom. The summed E-state index contributed by atoms with van der Waals surface area (Å²) >= 11 is 0. The lowest BCUT2D eigenvalue weighted by Gasteiger charge is -2.27. The molecule has 0 fully saturated rings. The fourth-order valence-corrected chi connectivity index (χ4v) is 7.72. The van der Waals surface area contributed by atoms with Crippen molar-refractivity contribution < 1.29 is 8.85 Å². The highest BCUT2D eigenvalue weighted by Gasteiger charge is 2.29. The fourth-order valence-electron chi connectivity index (χ4n) is 2.98. The van der Waals surface area contributed by atoms with E-state index in [2.05, 4.69) is 87.8 Å². The summed E-state index contributed by atoms with van der Waals surface area (Å²) < 4.78 is 11.5. The molecule has 0 bridgehead atoms. The Balaban J connectivity index is 2.32. The van der Waals surface area contributed by atoms with Crippen LogP contribution in [0.5, 0.6) is 0 Å². The van der Waals surface area contributed by atoms with Gasteiger partial charge in [-0.05, 0) is 36.6 Å². The molecular weight excluding hydrogens is 356 g/mol. The monoisotopic (exact) mass is 388 g/mol. The molecule has 0 aliphatic carbocycles. The van der Waals surface area contributed by atoms with E-state index in [0.717, 1.165) is 0 Å². The molecule has 0 heterocycles. The first-order valence-corrected chi connectivity index (χ1v) is 17.7. The van der Waals surface area contributed by atoms with E-state index < -0.39 is 24.7 Å². The summed E-state index contributed by atoms with van der Waals surface area (Å²) in [6, 6.07) is 18.4. The lowest BCUT2D eigenvalue weighted by molar-refractivity contribution is 0.416. The maximum absolute atomic E-state index is 5.73. The molecule has 0 aliphatic rings. The summed E-state index contributed by atoms with van der Waals surface area (Å²) in [6.07, 6.45) is 0. The first-order chi connectivity index (χ1) is 11.5. The standard InChI is InChI=1S/C20H32O2Si3/c1-21-24(5,6)19-13-9-17(10-14-19)23(3,4)18-11-15-20(16-12-18)25(7,8)22-2/h9-16H,1-8H3. The second-order valence-electron chi connectivity index (χ2n) is 8.21. The van der Waals surface area contributed by atoms with Crippen LogP contribution in [0.3, 0.4) is 0 Å². The van der Waals surface area contributed by atoms with E-state index in [1.165, 1.54) is 20.7 Å². The normalized spacial score (nSPS) is 13.1. The summed E-state index contributed by atoms with van der Waals surface area (Å²) in [5.74, 6) is 0. The molecule has 0 saturated carbocycles. The Morgan fingerprint density at radius 3 is 0.960 bits per heavy atom. The molecule has 0 spiro atoms. The molecule has 2 aromatic rings. The molecule has 2 aromatic carbocycles. The molecule has 0 radical (unpaired) electrons. The highest BCUT2D eigenvalue weighted by molar-refractivity contribution is 7.00.